The molecule has 0 unspecified atom stereocenters. The second kappa shape index (κ2) is 6.38. The number of hydroxylamine groups is 1. The van der Waals surface area contributed by atoms with E-state index in [1.165, 1.54) is 20.3 Å². The van der Waals surface area contributed by atoms with Gasteiger partial charge in [0.2, 0.25) is 5.71 Å². The number of nitrogens with one attached hydrogen (secondary N) is 2. The first-order valence-electron chi connectivity index (χ1n) is 3.31. The Morgan fingerprint density at radius 3 is 2.50 bits per heavy atom. The molecule has 0 aliphatic rings. The summed E-state index contributed by atoms with van der Waals surface area (Å²) in [6.45, 7) is 0. The van der Waals surface area contributed by atoms with Gasteiger partial charge in [0, 0.05) is 0 Å². The minimum atomic E-state index is -0.982. The van der Waals surface area contributed by atoms with Gasteiger partial charge in [-0.2, -0.15) is 5.26 Å². The van der Waals surface area contributed by atoms with Crippen LogP contribution in [0, 0.1) is 11.3 Å². The zero-order valence-electron chi connectivity index (χ0n) is 7.53. The number of carbonyl (C=O) groups is 2. The van der Waals surface area contributed by atoms with E-state index in [1.807, 2.05) is 5.48 Å². The Morgan fingerprint density at radius 2 is 2.07 bits per heavy atom. The van der Waals surface area contributed by atoms with Gasteiger partial charge < -0.3 is 4.84 Å². The summed E-state index contributed by atoms with van der Waals surface area (Å²) in [5.41, 5.74) is 1.25. The van der Waals surface area contributed by atoms with Gasteiger partial charge >= 0.3 is 6.03 Å². The molecule has 0 aliphatic carbocycles. The van der Waals surface area contributed by atoms with E-state index >= 15 is 0 Å². The second-order valence-electron chi connectivity index (χ2n) is 1.82. The maximum absolute atomic E-state index is 11.0. The summed E-state index contributed by atoms with van der Waals surface area (Å²) in [6.07, 6.45) is 0. The summed E-state index contributed by atoms with van der Waals surface area (Å²) >= 11 is 0. The number of nitriles is 1. The quantitative estimate of drug-likeness (QED) is 0.443. The fraction of sp³-hybridized carbons (Fsp3) is 0.333. The van der Waals surface area contributed by atoms with Crippen LogP contribution in [0.4, 0.5) is 4.79 Å². The highest BCUT2D eigenvalue weighted by molar-refractivity contribution is 6.46. The molecular formula is C6H8N4O4. The second-order valence-corrected chi connectivity index (χ2v) is 1.82. The summed E-state index contributed by atoms with van der Waals surface area (Å²) in [5.74, 6) is -0.982. The van der Waals surface area contributed by atoms with Gasteiger partial charge in [0.05, 0.1) is 7.11 Å². The van der Waals surface area contributed by atoms with Crippen molar-refractivity contribution in [2.45, 2.75) is 0 Å². The molecule has 0 bridgehead atoms. The molecule has 0 saturated carbocycles. The highest BCUT2D eigenvalue weighted by Crippen LogP contribution is 1.79. The molecule has 76 valence electrons. The number of hydrogen-bond acceptors (Lipinski definition) is 6. The van der Waals surface area contributed by atoms with Gasteiger partial charge in [-0.25, -0.2) is 10.3 Å². The molecule has 0 radical (unpaired) electrons. The monoisotopic (exact) mass is 200 g/mol. The smallest absolute Gasteiger partial charge is 0.345 e. The van der Waals surface area contributed by atoms with Crippen LogP contribution in [0.15, 0.2) is 5.16 Å². The number of carbonyl (C=O) groups excluding carboxylic acids is 2. The van der Waals surface area contributed by atoms with Crippen LogP contribution in [0.5, 0.6) is 0 Å². The SMILES string of the molecule is CON=C(C#N)C(=O)NC(=O)NOC. The van der Waals surface area contributed by atoms with Crippen LogP contribution in [0.25, 0.3) is 0 Å². The average molecular weight is 200 g/mol. The van der Waals surface area contributed by atoms with Gasteiger partial charge in [0.25, 0.3) is 5.91 Å². The molecule has 0 rings (SSSR count). The summed E-state index contributed by atoms with van der Waals surface area (Å²) < 4.78 is 0. The number of oxime groups is 1. The van der Waals surface area contributed by atoms with Crippen molar-refractivity contribution in [3.63, 3.8) is 0 Å². The van der Waals surface area contributed by atoms with Crippen molar-refractivity contribution in [3.05, 3.63) is 0 Å². The van der Waals surface area contributed by atoms with E-state index in [0.717, 1.165) is 0 Å². The van der Waals surface area contributed by atoms with Crippen molar-refractivity contribution in [3.8, 4) is 6.07 Å². The van der Waals surface area contributed by atoms with Gasteiger partial charge in [0.15, 0.2) is 0 Å². The predicted molar refractivity (Wildman–Crippen MR) is 43.7 cm³/mol. The highest BCUT2D eigenvalue weighted by atomic mass is 16.6. The molecule has 0 aromatic rings. The number of rotatable bonds is 3. The van der Waals surface area contributed by atoms with Crippen LogP contribution >= 0.6 is 0 Å². The Labute approximate surface area is 79.4 Å². The molecule has 8 nitrogen and oxygen atoms in total. The molecule has 0 spiro atoms. The summed E-state index contributed by atoms with van der Waals surface area (Å²) in [7, 11) is 2.36. The molecule has 0 saturated heterocycles. The minimum absolute atomic E-state index is 0.571. The number of urea groups is 1. The van der Waals surface area contributed by atoms with E-state index in [-0.39, 0.29) is 0 Å². The van der Waals surface area contributed by atoms with Crippen LogP contribution in [0.3, 0.4) is 0 Å². The lowest BCUT2D eigenvalue weighted by Crippen LogP contribution is -2.42. The van der Waals surface area contributed by atoms with Crippen LogP contribution in [0.2, 0.25) is 0 Å². The number of hydrogen-bond donors (Lipinski definition) is 2. The lowest BCUT2D eigenvalue weighted by Gasteiger charge is -2.01. The molecule has 0 heterocycles. The number of amides is 3. The first kappa shape index (κ1) is 11.9. The van der Waals surface area contributed by atoms with Crippen LogP contribution < -0.4 is 10.8 Å². The molecule has 3 amide bonds. The molecule has 14 heavy (non-hydrogen) atoms. The van der Waals surface area contributed by atoms with E-state index in [9.17, 15) is 9.59 Å². The van der Waals surface area contributed by atoms with Crippen LogP contribution in [0.1, 0.15) is 0 Å². The third-order valence-electron chi connectivity index (χ3n) is 0.925. The third-order valence-corrected chi connectivity index (χ3v) is 0.925. The van der Waals surface area contributed by atoms with Crippen molar-refractivity contribution >= 4 is 17.6 Å². The van der Waals surface area contributed by atoms with Crippen molar-refractivity contribution in [2.24, 2.45) is 5.16 Å². The van der Waals surface area contributed by atoms with Gasteiger partial charge in [-0.15, -0.1) is 0 Å². The van der Waals surface area contributed by atoms with Gasteiger partial charge in [-0.05, 0) is 0 Å². The van der Waals surface area contributed by atoms with Crippen molar-refractivity contribution in [2.75, 3.05) is 14.2 Å². The maximum atomic E-state index is 11.0. The predicted octanol–water partition coefficient (Wildman–Crippen LogP) is -1.10. The van der Waals surface area contributed by atoms with Crippen LogP contribution in [-0.4, -0.2) is 31.9 Å². The third kappa shape index (κ3) is 4.03. The number of nitrogens with zero attached hydrogens (tertiary/aromatic N) is 2. The average Bonchev–Trinajstić information content (AvgIpc) is 2.14. The Hall–Kier alpha value is -2.14. The Bertz CT molecular complexity index is 293. The lowest BCUT2D eigenvalue weighted by molar-refractivity contribution is -0.114. The summed E-state index contributed by atoms with van der Waals surface area (Å²) in [6, 6.07) is 0.536. The molecular weight excluding hydrogens is 192 g/mol. The standard InChI is InChI=1S/C6H8N4O4/c1-13-9-4(3-7)5(11)8-6(12)10-14-2/h1-2H3,(H2,8,10,11,12). The molecule has 0 aliphatic heterocycles. The van der Waals surface area contributed by atoms with Crippen LogP contribution in [-0.2, 0) is 14.5 Å². The van der Waals surface area contributed by atoms with Gasteiger partial charge in [-0.1, -0.05) is 5.16 Å². The molecule has 0 fully saturated rings. The molecule has 2 N–H and O–H groups in total. The zero-order chi connectivity index (χ0) is 11.0. The Balaban J connectivity index is 4.27. The molecule has 8 heteroatoms. The van der Waals surface area contributed by atoms with Crippen molar-refractivity contribution in [1.82, 2.24) is 10.8 Å². The Kier molecular flexibility index (Phi) is 5.41. The minimum Gasteiger partial charge on any atom is -0.398 e. The fourth-order valence-electron chi connectivity index (χ4n) is 0.484. The van der Waals surface area contributed by atoms with Crippen molar-refractivity contribution in [1.29, 1.82) is 5.26 Å². The number of imide groups is 1. The largest absolute Gasteiger partial charge is 0.398 e. The highest BCUT2D eigenvalue weighted by Gasteiger charge is 2.14. The first-order chi connectivity index (χ1) is 6.65. The maximum Gasteiger partial charge on any atom is 0.345 e. The topological polar surface area (TPSA) is 113 Å². The summed E-state index contributed by atoms with van der Waals surface area (Å²) in [5, 5.41) is 13.2. The summed E-state index contributed by atoms with van der Waals surface area (Å²) in [4.78, 5) is 30.1. The van der Waals surface area contributed by atoms with Gasteiger partial charge in [-0.3, -0.25) is 14.9 Å². The molecule has 0 atom stereocenters. The lowest BCUT2D eigenvalue weighted by atomic mass is 10.4. The Morgan fingerprint density at radius 1 is 1.43 bits per heavy atom. The molecule has 0 aromatic carbocycles. The van der Waals surface area contributed by atoms with E-state index in [2.05, 4.69) is 14.8 Å². The van der Waals surface area contributed by atoms with E-state index in [0.29, 0.717) is 0 Å². The van der Waals surface area contributed by atoms with Crippen molar-refractivity contribution < 1.29 is 19.3 Å². The normalized spacial score (nSPS) is 9.93. The first-order valence-corrected chi connectivity index (χ1v) is 3.31. The van der Waals surface area contributed by atoms with E-state index < -0.39 is 17.6 Å². The van der Waals surface area contributed by atoms with E-state index in [4.69, 9.17) is 5.26 Å². The zero-order valence-corrected chi connectivity index (χ0v) is 7.53. The fourth-order valence-corrected chi connectivity index (χ4v) is 0.484. The molecule has 0 aromatic heterocycles. The van der Waals surface area contributed by atoms with Gasteiger partial charge in [0.1, 0.15) is 13.2 Å². The van der Waals surface area contributed by atoms with E-state index in [1.54, 1.807) is 5.32 Å².